The number of aryl methyl sites for hydroxylation is 1. The summed E-state index contributed by atoms with van der Waals surface area (Å²) in [4.78, 5) is 0. The Kier molecular flexibility index (Phi) is 4.99. The van der Waals surface area contributed by atoms with E-state index in [1.165, 1.54) is 12.1 Å². The second-order valence-electron chi connectivity index (χ2n) is 3.40. The van der Waals surface area contributed by atoms with Crippen molar-refractivity contribution in [3.8, 4) is 0 Å². The smallest absolute Gasteiger partial charge is 0.263 e. The standard InChI is InChI=1S/C11H14ClF2N/c12-10-7-9(11(13)14)5-4-8(10)3-1-2-6-15/h4-5,7,11H,1-3,6,15H2. The Balaban J connectivity index is 2.66. The molecule has 0 aliphatic rings. The Morgan fingerprint density at radius 1 is 1.27 bits per heavy atom. The Morgan fingerprint density at radius 3 is 2.53 bits per heavy atom. The molecule has 0 bridgehead atoms. The van der Waals surface area contributed by atoms with Crippen molar-refractivity contribution in [3.05, 3.63) is 34.3 Å². The zero-order valence-corrected chi connectivity index (χ0v) is 9.11. The first-order chi connectivity index (χ1) is 7.15. The van der Waals surface area contributed by atoms with Gasteiger partial charge >= 0.3 is 0 Å². The Labute approximate surface area is 93.2 Å². The molecule has 0 atom stereocenters. The van der Waals surface area contributed by atoms with Crippen LogP contribution in [0.4, 0.5) is 8.78 Å². The summed E-state index contributed by atoms with van der Waals surface area (Å²) in [6.07, 6.45) is 0.192. The molecule has 0 aliphatic carbocycles. The molecule has 0 saturated carbocycles. The van der Waals surface area contributed by atoms with Crippen LogP contribution in [0.3, 0.4) is 0 Å². The maximum atomic E-state index is 12.3. The molecule has 0 saturated heterocycles. The third kappa shape index (κ3) is 3.76. The van der Waals surface area contributed by atoms with Gasteiger partial charge in [0, 0.05) is 10.6 Å². The van der Waals surface area contributed by atoms with Gasteiger partial charge in [0.2, 0.25) is 0 Å². The van der Waals surface area contributed by atoms with E-state index < -0.39 is 6.43 Å². The number of alkyl halides is 2. The van der Waals surface area contributed by atoms with E-state index in [2.05, 4.69) is 0 Å². The molecule has 4 heteroatoms. The largest absolute Gasteiger partial charge is 0.330 e. The molecular weight excluding hydrogens is 220 g/mol. The van der Waals surface area contributed by atoms with Gasteiger partial charge in [0.1, 0.15) is 0 Å². The Morgan fingerprint density at radius 2 is 2.00 bits per heavy atom. The summed E-state index contributed by atoms with van der Waals surface area (Å²) in [7, 11) is 0. The van der Waals surface area contributed by atoms with E-state index >= 15 is 0 Å². The number of hydrogen-bond acceptors (Lipinski definition) is 1. The lowest BCUT2D eigenvalue weighted by molar-refractivity contribution is 0.151. The van der Waals surface area contributed by atoms with Crippen LogP contribution in [0.2, 0.25) is 5.02 Å². The first kappa shape index (κ1) is 12.4. The SMILES string of the molecule is NCCCCc1ccc(C(F)F)cc1Cl. The maximum Gasteiger partial charge on any atom is 0.263 e. The predicted octanol–water partition coefficient (Wildman–Crippen LogP) is 3.56. The summed E-state index contributed by atoms with van der Waals surface area (Å²) in [5.41, 5.74) is 6.25. The van der Waals surface area contributed by atoms with E-state index in [1.807, 2.05) is 0 Å². The van der Waals surface area contributed by atoms with Gasteiger partial charge in [0.05, 0.1) is 0 Å². The van der Waals surface area contributed by atoms with Crippen LogP contribution in [0.25, 0.3) is 0 Å². The molecule has 1 nitrogen and oxygen atoms in total. The number of hydrogen-bond donors (Lipinski definition) is 1. The molecule has 0 unspecified atom stereocenters. The van der Waals surface area contributed by atoms with Crippen molar-refractivity contribution in [2.75, 3.05) is 6.54 Å². The average Bonchev–Trinajstić information content (AvgIpc) is 2.20. The van der Waals surface area contributed by atoms with Gasteiger partial charge in [-0.15, -0.1) is 0 Å². The minimum absolute atomic E-state index is 0.0254. The van der Waals surface area contributed by atoms with Crippen molar-refractivity contribution in [1.29, 1.82) is 0 Å². The lowest BCUT2D eigenvalue weighted by atomic mass is 10.1. The fourth-order valence-corrected chi connectivity index (χ4v) is 1.65. The first-order valence-corrected chi connectivity index (χ1v) is 5.29. The lowest BCUT2D eigenvalue weighted by Crippen LogP contribution is -1.99. The molecule has 0 aliphatic heterocycles. The molecule has 15 heavy (non-hydrogen) atoms. The average molecular weight is 234 g/mol. The third-order valence-electron chi connectivity index (χ3n) is 2.23. The molecule has 0 amide bonds. The molecular formula is C11H14ClF2N. The predicted molar refractivity (Wildman–Crippen MR) is 58.4 cm³/mol. The zero-order chi connectivity index (χ0) is 11.3. The molecule has 84 valence electrons. The van der Waals surface area contributed by atoms with Crippen LogP contribution in [0, 0.1) is 0 Å². The molecule has 1 rings (SSSR count). The van der Waals surface area contributed by atoms with E-state index in [9.17, 15) is 8.78 Å². The fraction of sp³-hybridized carbons (Fsp3) is 0.455. The fourth-order valence-electron chi connectivity index (χ4n) is 1.36. The van der Waals surface area contributed by atoms with Crippen LogP contribution >= 0.6 is 11.6 Å². The number of unbranched alkanes of at least 4 members (excludes halogenated alkanes) is 1. The van der Waals surface area contributed by atoms with Gasteiger partial charge in [-0.1, -0.05) is 23.7 Å². The zero-order valence-electron chi connectivity index (χ0n) is 8.35. The molecule has 0 radical (unpaired) electrons. The number of nitrogens with two attached hydrogens (primary N) is 1. The van der Waals surface area contributed by atoms with Gasteiger partial charge in [0.25, 0.3) is 6.43 Å². The highest BCUT2D eigenvalue weighted by Crippen LogP contribution is 2.25. The first-order valence-electron chi connectivity index (χ1n) is 4.91. The molecule has 1 aromatic carbocycles. The van der Waals surface area contributed by atoms with Gasteiger partial charge < -0.3 is 5.73 Å². The van der Waals surface area contributed by atoms with Crippen LogP contribution in [0.1, 0.15) is 30.4 Å². The van der Waals surface area contributed by atoms with Gasteiger partial charge in [-0.3, -0.25) is 0 Å². The summed E-state index contributed by atoms with van der Waals surface area (Å²) in [5, 5.41) is 0.421. The summed E-state index contributed by atoms with van der Waals surface area (Å²) < 4.78 is 24.6. The van der Waals surface area contributed by atoms with E-state index in [1.54, 1.807) is 6.07 Å². The minimum Gasteiger partial charge on any atom is -0.330 e. The number of halogens is 3. The van der Waals surface area contributed by atoms with E-state index in [4.69, 9.17) is 17.3 Å². The normalized spacial score (nSPS) is 11.0. The third-order valence-corrected chi connectivity index (χ3v) is 2.58. The van der Waals surface area contributed by atoms with Crippen LogP contribution < -0.4 is 5.73 Å². The minimum atomic E-state index is -2.46. The molecule has 0 spiro atoms. The molecule has 1 aromatic rings. The van der Waals surface area contributed by atoms with Gasteiger partial charge in [0.15, 0.2) is 0 Å². The van der Waals surface area contributed by atoms with E-state index in [-0.39, 0.29) is 5.56 Å². The Hall–Kier alpha value is -0.670. The van der Waals surface area contributed by atoms with Gasteiger partial charge in [-0.2, -0.15) is 0 Å². The second-order valence-corrected chi connectivity index (χ2v) is 3.80. The van der Waals surface area contributed by atoms with E-state index in [0.29, 0.717) is 11.6 Å². The number of benzene rings is 1. The topological polar surface area (TPSA) is 26.0 Å². The summed E-state index contributed by atoms with van der Waals surface area (Å²) in [6, 6.07) is 4.43. The molecule has 0 fully saturated rings. The molecule has 0 heterocycles. The quantitative estimate of drug-likeness (QED) is 0.774. The highest BCUT2D eigenvalue weighted by atomic mass is 35.5. The van der Waals surface area contributed by atoms with Crippen molar-refractivity contribution in [2.24, 2.45) is 5.73 Å². The lowest BCUT2D eigenvalue weighted by Gasteiger charge is -2.06. The summed E-state index contributed by atoms with van der Waals surface area (Å²) in [6.45, 7) is 0.646. The summed E-state index contributed by atoms with van der Waals surface area (Å²) in [5.74, 6) is 0. The van der Waals surface area contributed by atoms with Crippen molar-refractivity contribution in [3.63, 3.8) is 0 Å². The number of rotatable bonds is 5. The highest BCUT2D eigenvalue weighted by molar-refractivity contribution is 6.31. The molecule has 0 aromatic heterocycles. The summed E-state index contributed by atoms with van der Waals surface area (Å²) >= 11 is 5.89. The Bertz CT molecular complexity index is 315. The van der Waals surface area contributed by atoms with Crippen LogP contribution in [0.15, 0.2) is 18.2 Å². The highest BCUT2D eigenvalue weighted by Gasteiger charge is 2.09. The van der Waals surface area contributed by atoms with Gasteiger partial charge in [-0.25, -0.2) is 8.78 Å². The van der Waals surface area contributed by atoms with Crippen molar-refractivity contribution in [1.82, 2.24) is 0 Å². The van der Waals surface area contributed by atoms with Crippen LogP contribution in [-0.4, -0.2) is 6.54 Å². The monoisotopic (exact) mass is 233 g/mol. The maximum absolute atomic E-state index is 12.3. The van der Waals surface area contributed by atoms with Crippen LogP contribution in [0.5, 0.6) is 0 Å². The van der Waals surface area contributed by atoms with Crippen molar-refractivity contribution < 1.29 is 8.78 Å². The second kappa shape index (κ2) is 6.03. The van der Waals surface area contributed by atoms with Gasteiger partial charge in [-0.05, 0) is 37.4 Å². The van der Waals surface area contributed by atoms with E-state index in [0.717, 1.165) is 24.8 Å². The van der Waals surface area contributed by atoms with Crippen molar-refractivity contribution in [2.45, 2.75) is 25.7 Å². The van der Waals surface area contributed by atoms with Crippen molar-refractivity contribution >= 4 is 11.6 Å². The van der Waals surface area contributed by atoms with Crippen LogP contribution in [-0.2, 0) is 6.42 Å². The molecule has 2 N–H and O–H groups in total.